The van der Waals surface area contributed by atoms with Crippen molar-refractivity contribution in [3.63, 3.8) is 0 Å². The largest absolute Gasteiger partial charge is 0.479 e. The lowest BCUT2D eigenvalue weighted by molar-refractivity contribution is -0.164. The van der Waals surface area contributed by atoms with Gasteiger partial charge in [-0.25, -0.2) is 4.79 Å². The Balaban J connectivity index is 3.65. The average molecular weight is 613 g/mol. The van der Waals surface area contributed by atoms with Gasteiger partial charge in [0, 0.05) is 6.42 Å². The van der Waals surface area contributed by atoms with Crippen LogP contribution in [0.5, 0.6) is 0 Å². The second-order valence-corrected chi connectivity index (χ2v) is 12.0. The zero-order chi connectivity index (χ0) is 32.2. The number of carboxylic acid groups (broad SMARTS) is 1. The fourth-order valence-electron chi connectivity index (χ4n) is 5.05. The molecule has 252 valence electrons. The Morgan fingerprint density at radius 2 is 0.932 bits per heavy atom. The van der Waals surface area contributed by atoms with Gasteiger partial charge in [-0.1, -0.05) is 164 Å². The van der Waals surface area contributed by atoms with Gasteiger partial charge in [-0.05, 0) is 64.2 Å². The standard InChI is InChI=1S/C40H68O4/c1-3-5-7-9-11-13-15-17-18-19-20-21-22-23-24-25-27-29-31-33-35-37-39(41)44-38(40(42)43)36-34-32-30-28-26-16-14-12-10-8-6-4-2/h5,7,11,13,17-18,20-21,23-24,38H,3-4,6,8-10,12,14-16,19,22,25-37H2,1-2H3,(H,42,43)/b7-5-,13-11-,18-17-,21-20-,24-23-. The first-order valence-corrected chi connectivity index (χ1v) is 18.3. The summed E-state index contributed by atoms with van der Waals surface area (Å²) in [6.07, 6.45) is 48.2. The van der Waals surface area contributed by atoms with Gasteiger partial charge in [-0.2, -0.15) is 0 Å². The Morgan fingerprint density at radius 1 is 0.523 bits per heavy atom. The molecule has 4 heteroatoms. The minimum absolute atomic E-state index is 0.316. The third kappa shape index (κ3) is 32.6. The topological polar surface area (TPSA) is 63.6 Å². The fraction of sp³-hybridized carbons (Fsp3) is 0.700. The van der Waals surface area contributed by atoms with Crippen molar-refractivity contribution < 1.29 is 19.4 Å². The number of carboxylic acids is 1. The molecule has 0 aromatic heterocycles. The summed E-state index contributed by atoms with van der Waals surface area (Å²) < 4.78 is 5.29. The monoisotopic (exact) mass is 613 g/mol. The Bertz CT molecular complexity index is 789. The first-order valence-electron chi connectivity index (χ1n) is 18.3. The first kappa shape index (κ1) is 41.6. The predicted octanol–water partition coefficient (Wildman–Crippen LogP) is 12.6. The molecule has 0 bridgehead atoms. The van der Waals surface area contributed by atoms with Crippen molar-refractivity contribution in [2.75, 3.05) is 0 Å². The molecule has 1 N–H and O–H groups in total. The Morgan fingerprint density at radius 3 is 1.41 bits per heavy atom. The molecule has 0 radical (unpaired) electrons. The molecule has 1 unspecified atom stereocenters. The molecule has 0 aliphatic rings. The van der Waals surface area contributed by atoms with E-state index in [4.69, 9.17) is 4.74 Å². The number of rotatable bonds is 32. The quantitative estimate of drug-likeness (QED) is 0.0466. The van der Waals surface area contributed by atoms with Crippen LogP contribution in [0.3, 0.4) is 0 Å². The maximum atomic E-state index is 12.2. The summed E-state index contributed by atoms with van der Waals surface area (Å²) in [6.45, 7) is 4.41. The molecule has 0 aromatic rings. The SMILES string of the molecule is CC/C=C\C/C=C\C/C=C\C/C=C\C/C=C\CCCCCCCC(=O)OC(CCCCCCCCCCCCCC)C(=O)O. The van der Waals surface area contributed by atoms with Crippen LogP contribution in [0.4, 0.5) is 0 Å². The van der Waals surface area contributed by atoms with Crippen molar-refractivity contribution >= 4 is 11.9 Å². The van der Waals surface area contributed by atoms with E-state index in [-0.39, 0.29) is 5.97 Å². The number of unbranched alkanes of at least 4 members (excludes halogenated alkanes) is 16. The van der Waals surface area contributed by atoms with Crippen LogP contribution in [0.15, 0.2) is 60.8 Å². The molecule has 0 spiro atoms. The lowest BCUT2D eigenvalue weighted by Gasteiger charge is -2.13. The van der Waals surface area contributed by atoms with Gasteiger partial charge < -0.3 is 9.84 Å². The molecule has 4 nitrogen and oxygen atoms in total. The minimum atomic E-state index is -1.02. The Labute approximate surface area is 272 Å². The second kappa shape index (κ2) is 35.1. The van der Waals surface area contributed by atoms with E-state index in [9.17, 15) is 14.7 Å². The molecule has 0 rings (SSSR count). The number of ether oxygens (including phenoxy) is 1. The molecule has 0 heterocycles. The molecule has 0 fully saturated rings. The summed E-state index contributed by atoms with van der Waals surface area (Å²) in [4.78, 5) is 23.7. The van der Waals surface area contributed by atoms with E-state index >= 15 is 0 Å². The van der Waals surface area contributed by atoms with Crippen LogP contribution in [0, 0.1) is 0 Å². The maximum Gasteiger partial charge on any atom is 0.345 e. The van der Waals surface area contributed by atoms with Gasteiger partial charge in [0.15, 0.2) is 6.10 Å². The maximum absolute atomic E-state index is 12.2. The van der Waals surface area contributed by atoms with Crippen LogP contribution in [0.25, 0.3) is 0 Å². The van der Waals surface area contributed by atoms with Gasteiger partial charge in [0.05, 0.1) is 0 Å². The van der Waals surface area contributed by atoms with Gasteiger partial charge in [-0.3, -0.25) is 4.79 Å². The molecule has 44 heavy (non-hydrogen) atoms. The molecule has 0 aromatic carbocycles. The van der Waals surface area contributed by atoms with E-state index in [1.807, 2.05) is 0 Å². The van der Waals surface area contributed by atoms with E-state index in [0.29, 0.717) is 12.8 Å². The summed E-state index contributed by atoms with van der Waals surface area (Å²) in [5.74, 6) is -1.38. The van der Waals surface area contributed by atoms with E-state index in [0.717, 1.165) is 89.9 Å². The summed E-state index contributed by atoms with van der Waals surface area (Å²) >= 11 is 0. The van der Waals surface area contributed by atoms with Crippen molar-refractivity contribution in [2.24, 2.45) is 0 Å². The van der Waals surface area contributed by atoms with Gasteiger partial charge in [0.1, 0.15) is 0 Å². The predicted molar refractivity (Wildman–Crippen MR) is 190 cm³/mol. The first-order chi connectivity index (χ1) is 21.6. The van der Waals surface area contributed by atoms with Crippen molar-refractivity contribution in [1.29, 1.82) is 0 Å². The van der Waals surface area contributed by atoms with Gasteiger partial charge in [0.25, 0.3) is 0 Å². The fourth-order valence-corrected chi connectivity index (χ4v) is 5.05. The molecule has 0 aliphatic carbocycles. The van der Waals surface area contributed by atoms with Crippen LogP contribution in [0.1, 0.15) is 174 Å². The van der Waals surface area contributed by atoms with Crippen LogP contribution >= 0.6 is 0 Å². The van der Waals surface area contributed by atoms with Gasteiger partial charge in [0.2, 0.25) is 0 Å². The summed E-state index contributed by atoms with van der Waals surface area (Å²) in [6, 6.07) is 0. The number of hydrogen-bond acceptors (Lipinski definition) is 3. The smallest absolute Gasteiger partial charge is 0.345 e. The summed E-state index contributed by atoms with van der Waals surface area (Å²) in [5, 5.41) is 9.45. The highest BCUT2D eigenvalue weighted by Crippen LogP contribution is 2.15. The van der Waals surface area contributed by atoms with E-state index in [1.165, 1.54) is 57.8 Å². The van der Waals surface area contributed by atoms with E-state index in [1.54, 1.807) is 0 Å². The number of hydrogen-bond donors (Lipinski definition) is 1. The Hall–Kier alpha value is -2.36. The van der Waals surface area contributed by atoms with E-state index < -0.39 is 12.1 Å². The third-order valence-corrected chi connectivity index (χ3v) is 7.78. The molecular weight excluding hydrogens is 544 g/mol. The molecule has 0 aliphatic heterocycles. The Kier molecular flexibility index (Phi) is 33.2. The van der Waals surface area contributed by atoms with Crippen molar-refractivity contribution in [3.05, 3.63) is 60.8 Å². The van der Waals surface area contributed by atoms with Crippen molar-refractivity contribution in [2.45, 2.75) is 180 Å². The molecular formula is C40H68O4. The van der Waals surface area contributed by atoms with E-state index in [2.05, 4.69) is 74.6 Å². The lowest BCUT2D eigenvalue weighted by atomic mass is 10.0. The second-order valence-electron chi connectivity index (χ2n) is 12.0. The number of aliphatic carboxylic acids is 1. The highest BCUT2D eigenvalue weighted by atomic mass is 16.6. The normalized spacial score (nSPS) is 13.0. The van der Waals surface area contributed by atoms with Crippen LogP contribution in [-0.4, -0.2) is 23.1 Å². The number of esters is 1. The van der Waals surface area contributed by atoms with Crippen LogP contribution in [-0.2, 0) is 14.3 Å². The molecule has 1 atom stereocenters. The van der Waals surface area contributed by atoms with Gasteiger partial charge >= 0.3 is 11.9 Å². The summed E-state index contributed by atoms with van der Waals surface area (Å²) in [5.41, 5.74) is 0. The zero-order valence-corrected chi connectivity index (χ0v) is 28.7. The third-order valence-electron chi connectivity index (χ3n) is 7.78. The number of allylic oxidation sites excluding steroid dienone is 10. The summed E-state index contributed by atoms with van der Waals surface area (Å²) in [7, 11) is 0. The van der Waals surface area contributed by atoms with Crippen molar-refractivity contribution in [3.8, 4) is 0 Å². The highest BCUT2D eigenvalue weighted by molar-refractivity contribution is 5.77. The van der Waals surface area contributed by atoms with Crippen LogP contribution in [0.2, 0.25) is 0 Å². The molecule has 0 saturated carbocycles. The molecule has 0 saturated heterocycles. The van der Waals surface area contributed by atoms with Crippen LogP contribution < -0.4 is 0 Å². The van der Waals surface area contributed by atoms with Gasteiger partial charge in [-0.15, -0.1) is 0 Å². The average Bonchev–Trinajstić information content (AvgIpc) is 3.01. The number of carbonyl (C=O) groups is 2. The zero-order valence-electron chi connectivity index (χ0n) is 28.7. The highest BCUT2D eigenvalue weighted by Gasteiger charge is 2.21. The molecule has 0 amide bonds. The van der Waals surface area contributed by atoms with Crippen molar-refractivity contribution in [1.82, 2.24) is 0 Å². The lowest BCUT2D eigenvalue weighted by Crippen LogP contribution is -2.27. The number of carbonyl (C=O) groups excluding carboxylic acids is 1. The minimum Gasteiger partial charge on any atom is -0.479 e.